The maximum Gasteiger partial charge on any atom is 0.229 e. The van der Waals surface area contributed by atoms with Gasteiger partial charge in [-0.05, 0) is 92.6 Å². The van der Waals surface area contributed by atoms with Crippen LogP contribution in [0.5, 0.6) is 0 Å². The zero-order valence-electron chi connectivity index (χ0n) is 21.7. The average Bonchev–Trinajstić information content (AvgIpc) is 3.48. The molecule has 2 atom stereocenters. The summed E-state index contributed by atoms with van der Waals surface area (Å²) in [5.74, 6) is 1.24. The molecule has 6 nitrogen and oxygen atoms in total. The van der Waals surface area contributed by atoms with E-state index >= 15 is 0 Å². The number of halogens is 1. The Balaban J connectivity index is 1.16. The number of carbonyl (C=O) groups is 1. The SMILES string of the molecule is CC1(C)COC[C@@]1(C)N1CCC(c2cc3cc(NC(=O)[C@@H]4CC45CCOCC5)ncc3cc2Cl)CC1. The number of ether oxygens (including phenoxy) is 2. The van der Waals surface area contributed by atoms with Crippen molar-refractivity contribution >= 4 is 34.1 Å². The third-order valence-corrected chi connectivity index (χ3v) is 10.3. The highest BCUT2D eigenvalue weighted by molar-refractivity contribution is 6.32. The fourth-order valence-electron chi connectivity index (χ4n) is 6.89. The summed E-state index contributed by atoms with van der Waals surface area (Å²) in [5.41, 5.74) is 1.60. The van der Waals surface area contributed by atoms with Crippen LogP contribution in [0.25, 0.3) is 10.8 Å². The number of nitrogens with zero attached hydrogens (tertiary/aromatic N) is 2. The van der Waals surface area contributed by atoms with Crippen molar-refractivity contribution in [1.82, 2.24) is 9.88 Å². The largest absolute Gasteiger partial charge is 0.381 e. The van der Waals surface area contributed by atoms with Gasteiger partial charge in [-0.15, -0.1) is 0 Å². The van der Waals surface area contributed by atoms with E-state index in [4.69, 9.17) is 21.1 Å². The topological polar surface area (TPSA) is 63.7 Å². The van der Waals surface area contributed by atoms with Gasteiger partial charge in [0.2, 0.25) is 5.91 Å². The number of nitrogens with one attached hydrogen (secondary N) is 1. The number of pyridine rings is 1. The summed E-state index contributed by atoms with van der Waals surface area (Å²) in [6.45, 7) is 12.3. The second-order valence-electron chi connectivity index (χ2n) is 12.4. The Bertz CT molecular complexity index is 1170. The molecule has 2 aromatic rings. The van der Waals surface area contributed by atoms with Crippen LogP contribution in [0.4, 0.5) is 5.82 Å². The molecule has 1 amide bonds. The molecule has 36 heavy (non-hydrogen) atoms. The smallest absolute Gasteiger partial charge is 0.229 e. The van der Waals surface area contributed by atoms with Crippen LogP contribution in [-0.2, 0) is 14.3 Å². The van der Waals surface area contributed by atoms with Crippen LogP contribution >= 0.6 is 11.6 Å². The van der Waals surface area contributed by atoms with Crippen molar-refractivity contribution in [1.29, 1.82) is 0 Å². The summed E-state index contributed by atoms with van der Waals surface area (Å²) >= 11 is 6.79. The van der Waals surface area contributed by atoms with Crippen LogP contribution in [0.3, 0.4) is 0 Å². The zero-order chi connectivity index (χ0) is 25.1. The Morgan fingerprint density at radius 1 is 1.06 bits per heavy atom. The molecule has 7 heteroatoms. The predicted molar refractivity (Wildman–Crippen MR) is 143 cm³/mol. The molecular formula is C29H38ClN3O3. The predicted octanol–water partition coefficient (Wildman–Crippen LogP) is 5.64. The molecule has 1 aliphatic carbocycles. The number of hydrogen-bond acceptors (Lipinski definition) is 5. The first-order chi connectivity index (χ1) is 17.2. The van der Waals surface area contributed by atoms with Gasteiger partial charge in [-0.1, -0.05) is 25.4 Å². The molecule has 1 spiro atoms. The minimum absolute atomic E-state index is 0.0781. The fraction of sp³-hybridized carbons (Fsp3) is 0.655. The number of amides is 1. The summed E-state index contributed by atoms with van der Waals surface area (Å²) in [4.78, 5) is 20.1. The van der Waals surface area contributed by atoms with Crippen molar-refractivity contribution in [2.75, 3.05) is 44.8 Å². The van der Waals surface area contributed by atoms with Crippen LogP contribution in [0.2, 0.25) is 5.02 Å². The van der Waals surface area contributed by atoms with E-state index in [2.05, 4.69) is 42.0 Å². The maximum absolute atomic E-state index is 12.9. The van der Waals surface area contributed by atoms with Crippen molar-refractivity contribution in [2.24, 2.45) is 16.7 Å². The number of anilines is 1. The molecule has 6 rings (SSSR count). The van der Waals surface area contributed by atoms with Crippen LogP contribution in [0, 0.1) is 16.7 Å². The summed E-state index contributed by atoms with van der Waals surface area (Å²) in [6.07, 6.45) is 6.93. The quantitative estimate of drug-likeness (QED) is 0.575. The molecule has 1 N–H and O–H groups in total. The van der Waals surface area contributed by atoms with Crippen LogP contribution in [0.1, 0.15) is 64.4 Å². The molecule has 0 bridgehead atoms. The van der Waals surface area contributed by atoms with Gasteiger partial charge < -0.3 is 14.8 Å². The number of carbonyl (C=O) groups excluding carboxylic acids is 1. The van der Waals surface area contributed by atoms with Gasteiger partial charge in [0.1, 0.15) is 5.82 Å². The van der Waals surface area contributed by atoms with Crippen molar-refractivity contribution in [3.63, 3.8) is 0 Å². The molecule has 3 saturated heterocycles. The van der Waals surface area contributed by atoms with Gasteiger partial charge in [0.05, 0.1) is 13.2 Å². The van der Waals surface area contributed by atoms with Gasteiger partial charge in [0.25, 0.3) is 0 Å². The molecule has 3 aliphatic heterocycles. The summed E-state index contributed by atoms with van der Waals surface area (Å²) < 4.78 is 11.4. The Hall–Kier alpha value is -1.73. The second-order valence-corrected chi connectivity index (χ2v) is 12.8. The van der Waals surface area contributed by atoms with Gasteiger partial charge in [-0.3, -0.25) is 9.69 Å². The number of aromatic nitrogens is 1. The normalized spacial score (nSPS) is 30.1. The van der Waals surface area contributed by atoms with Crippen molar-refractivity contribution in [3.8, 4) is 0 Å². The first-order valence-corrected chi connectivity index (χ1v) is 13.9. The molecule has 0 unspecified atom stereocenters. The highest BCUT2D eigenvalue weighted by Crippen LogP contribution is 2.59. The number of likely N-dealkylation sites (tertiary alicyclic amines) is 1. The lowest BCUT2D eigenvalue weighted by molar-refractivity contribution is -0.118. The Morgan fingerprint density at radius 2 is 1.81 bits per heavy atom. The van der Waals surface area contributed by atoms with E-state index in [1.54, 1.807) is 0 Å². The third-order valence-electron chi connectivity index (χ3n) is 10.0. The Labute approximate surface area is 219 Å². The number of rotatable bonds is 4. The Morgan fingerprint density at radius 3 is 2.50 bits per heavy atom. The van der Waals surface area contributed by atoms with Crippen molar-refractivity contribution in [3.05, 3.63) is 35.0 Å². The lowest BCUT2D eigenvalue weighted by Gasteiger charge is -2.48. The van der Waals surface area contributed by atoms with Gasteiger partial charge in [-0.2, -0.15) is 0 Å². The zero-order valence-corrected chi connectivity index (χ0v) is 22.5. The standard InChI is InChI=1S/C29H38ClN3O3/c1-27(2)17-36-18-28(27,3)33-8-4-19(5-9-33)22-12-20-14-25(31-16-21(20)13-24(22)30)32-26(34)23-15-29(23)6-10-35-11-7-29/h12-14,16,19,23H,4-11,15,17-18H2,1-3H3,(H,31,32,34)/t23-,28+/m0/s1. The molecule has 1 aromatic carbocycles. The van der Waals surface area contributed by atoms with Crippen LogP contribution in [-0.4, -0.2) is 60.8 Å². The van der Waals surface area contributed by atoms with Gasteiger partial charge >= 0.3 is 0 Å². The van der Waals surface area contributed by atoms with Crippen LogP contribution in [0.15, 0.2) is 24.4 Å². The molecular weight excluding hydrogens is 474 g/mol. The van der Waals surface area contributed by atoms with Gasteiger partial charge in [-0.25, -0.2) is 4.98 Å². The van der Waals surface area contributed by atoms with E-state index in [0.29, 0.717) is 11.7 Å². The van der Waals surface area contributed by atoms with E-state index in [9.17, 15) is 4.79 Å². The summed E-state index contributed by atoms with van der Waals surface area (Å²) in [6, 6.07) is 6.25. The summed E-state index contributed by atoms with van der Waals surface area (Å²) in [5, 5.41) is 5.99. The lowest BCUT2D eigenvalue weighted by Crippen LogP contribution is -2.57. The minimum atomic E-state index is 0.0781. The van der Waals surface area contributed by atoms with Crippen LogP contribution < -0.4 is 5.32 Å². The molecule has 1 aromatic heterocycles. The lowest BCUT2D eigenvalue weighted by atomic mass is 9.73. The molecule has 1 saturated carbocycles. The minimum Gasteiger partial charge on any atom is -0.381 e. The number of hydrogen-bond donors (Lipinski definition) is 1. The van der Waals surface area contributed by atoms with Gasteiger partial charge in [0, 0.05) is 46.7 Å². The van der Waals surface area contributed by atoms with Crippen molar-refractivity contribution in [2.45, 2.75) is 64.3 Å². The van der Waals surface area contributed by atoms with Crippen molar-refractivity contribution < 1.29 is 14.3 Å². The molecule has 194 valence electrons. The number of piperidine rings is 1. The Kier molecular flexibility index (Phi) is 6.11. The maximum atomic E-state index is 12.9. The van der Waals surface area contributed by atoms with E-state index in [-0.39, 0.29) is 28.2 Å². The highest BCUT2D eigenvalue weighted by Gasteiger charge is 2.58. The molecule has 0 radical (unpaired) electrons. The average molecular weight is 512 g/mol. The molecule has 4 fully saturated rings. The fourth-order valence-corrected chi connectivity index (χ4v) is 7.21. The first kappa shape index (κ1) is 24.6. The van der Waals surface area contributed by atoms with E-state index < -0.39 is 0 Å². The third kappa shape index (κ3) is 4.14. The van der Waals surface area contributed by atoms with E-state index in [0.717, 1.165) is 87.4 Å². The monoisotopic (exact) mass is 511 g/mol. The van der Waals surface area contributed by atoms with Gasteiger partial charge in [0.15, 0.2) is 0 Å². The number of fused-ring (bicyclic) bond motifs is 1. The van der Waals surface area contributed by atoms with E-state index in [1.807, 2.05) is 18.3 Å². The summed E-state index contributed by atoms with van der Waals surface area (Å²) in [7, 11) is 0. The van der Waals surface area contributed by atoms with E-state index in [1.165, 1.54) is 5.56 Å². The molecule has 4 aliphatic rings. The number of benzene rings is 1. The first-order valence-electron chi connectivity index (χ1n) is 13.5. The highest BCUT2D eigenvalue weighted by atomic mass is 35.5. The second kappa shape index (κ2) is 8.93. The molecule has 4 heterocycles.